The van der Waals surface area contributed by atoms with Crippen molar-refractivity contribution >= 4 is 17.5 Å². The molecule has 2 rings (SSSR count). The monoisotopic (exact) mass is 409 g/mol. The number of benzene rings is 2. The smallest absolute Gasteiger partial charge is 0.185 e. The largest absolute Gasteiger partial charge is 0.507 e. The normalized spacial score (nSPS) is 12.4. The van der Waals surface area contributed by atoms with Gasteiger partial charge in [0.1, 0.15) is 11.5 Å². The predicted molar refractivity (Wildman–Crippen MR) is 126 cm³/mol. The molecule has 2 aromatic carbocycles. The summed E-state index contributed by atoms with van der Waals surface area (Å²) in [4.78, 5) is 12.7. The van der Waals surface area contributed by atoms with Crippen LogP contribution in [0.15, 0.2) is 36.4 Å². The molecule has 2 aromatic rings. The van der Waals surface area contributed by atoms with Gasteiger partial charge >= 0.3 is 0 Å². The maximum absolute atomic E-state index is 12.7. The van der Waals surface area contributed by atoms with Crippen molar-refractivity contribution in [2.45, 2.75) is 65.7 Å². The molecule has 0 fully saturated rings. The van der Waals surface area contributed by atoms with Gasteiger partial charge in [0.2, 0.25) is 0 Å². The first-order chi connectivity index (χ1) is 13.9. The van der Waals surface area contributed by atoms with E-state index in [0.29, 0.717) is 23.6 Å². The zero-order chi connectivity index (χ0) is 22.7. The molecule has 0 saturated carbocycles. The van der Waals surface area contributed by atoms with E-state index < -0.39 is 0 Å². The van der Waals surface area contributed by atoms with Crippen LogP contribution in [0.4, 0.5) is 5.69 Å². The lowest BCUT2D eigenvalue weighted by Gasteiger charge is -2.30. The van der Waals surface area contributed by atoms with E-state index in [-0.39, 0.29) is 22.4 Å². The highest BCUT2D eigenvalue weighted by Crippen LogP contribution is 2.46. The van der Waals surface area contributed by atoms with Crippen LogP contribution in [0.25, 0.3) is 6.08 Å². The number of phenolic OH excluding ortho intramolecular Hbond substituents is 1. The summed E-state index contributed by atoms with van der Waals surface area (Å²) in [6.45, 7) is 14.9. The molecule has 0 spiro atoms. The van der Waals surface area contributed by atoms with Crippen molar-refractivity contribution < 1.29 is 14.6 Å². The number of nitrogens with two attached hydrogens (primary N) is 1. The van der Waals surface area contributed by atoms with Crippen LogP contribution in [-0.4, -0.2) is 17.5 Å². The summed E-state index contributed by atoms with van der Waals surface area (Å²) in [6.07, 6.45) is 4.18. The quantitative estimate of drug-likeness (QED) is 0.336. The van der Waals surface area contributed by atoms with Gasteiger partial charge in [0.25, 0.3) is 0 Å². The Hall–Kier alpha value is -2.75. The number of carbonyl (C=O) groups is 1. The molecule has 0 bridgehead atoms. The second kappa shape index (κ2) is 8.95. The fourth-order valence-corrected chi connectivity index (χ4v) is 3.34. The SMILES string of the molecule is CCCOc1c(/C=C/C(=O)c2ccc(N)cc2)cc(C(C)(C)C)c(O)c1C(C)(C)C. The molecule has 3 N–H and O–H groups in total. The Kier molecular flexibility index (Phi) is 7.02. The Labute approximate surface area is 180 Å². The number of ether oxygens (including phenoxy) is 1. The molecule has 30 heavy (non-hydrogen) atoms. The Morgan fingerprint density at radius 2 is 1.67 bits per heavy atom. The van der Waals surface area contributed by atoms with Crippen molar-refractivity contribution in [2.75, 3.05) is 12.3 Å². The number of nitrogen functional groups attached to an aromatic ring is 1. The second-order valence-corrected chi connectivity index (χ2v) is 9.73. The average Bonchev–Trinajstić information content (AvgIpc) is 2.63. The molecule has 4 heteroatoms. The van der Waals surface area contributed by atoms with Crippen LogP contribution in [0, 0.1) is 0 Å². The van der Waals surface area contributed by atoms with Crippen LogP contribution in [0.1, 0.15) is 81.9 Å². The number of rotatable bonds is 6. The molecular weight excluding hydrogens is 374 g/mol. The molecule has 0 aliphatic carbocycles. The van der Waals surface area contributed by atoms with Gasteiger partial charge in [0.15, 0.2) is 5.78 Å². The number of carbonyl (C=O) groups excluding carboxylic acids is 1. The van der Waals surface area contributed by atoms with Crippen molar-refractivity contribution in [3.8, 4) is 11.5 Å². The fourth-order valence-electron chi connectivity index (χ4n) is 3.34. The third-order valence-corrected chi connectivity index (χ3v) is 4.90. The third-order valence-electron chi connectivity index (χ3n) is 4.90. The van der Waals surface area contributed by atoms with Gasteiger partial charge in [0.05, 0.1) is 6.61 Å². The van der Waals surface area contributed by atoms with E-state index in [1.807, 2.05) is 13.0 Å². The maximum Gasteiger partial charge on any atom is 0.185 e. The van der Waals surface area contributed by atoms with Crippen LogP contribution in [0.5, 0.6) is 11.5 Å². The number of anilines is 1. The van der Waals surface area contributed by atoms with E-state index in [1.54, 1.807) is 36.4 Å². The summed E-state index contributed by atoms with van der Waals surface area (Å²) in [5.74, 6) is 0.790. The van der Waals surface area contributed by atoms with Crippen molar-refractivity contribution in [1.82, 2.24) is 0 Å². The molecule has 0 atom stereocenters. The highest BCUT2D eigenvalue weighted by atomic mass is 16.5. The van der Waals surface area contributed by atoms with Crippen LogP contribution in [0.3, 0.4) is 0 Å². The van der Waals surface area contributed by atoms with Gasteiger partial charge in [-0.1, -0.05) is 48.5 Å². The van der Waals surface area contributed by atoms with Crippen molar-refractivity contribution in [3.05, 3.63) is 58.7 Å². The highest BCUT2D eigenvalue weighted by molar-refractivity contribution is 6.07. The Balaban J connectivity index is 2.65. The van der Waals surface area contributed by atoms with Gasteiger partial charge in [-0.25, -0.2) is 0 Å². The molecule has 0 aliphatic rings. The molecule has 162 valence electrons. The molecule has 0 amide bonds. The molecule has 0 aromatic heterocycles. The molecule has 0 saturated heterocycles. The van der Waals surface area contributed by atoms with E-state index in [1.165, 1.54) is 0 Å². The lowest BCUT2D eigenvalue weighted by molar-refractivity contribution is 0.104. The minimum atomic E-state index is -0.335. The van der Waals surface area contributed by atoms with E-state index in [0.717, 1.165) is 23.1 Å². The van der Waals surface area contributed by atoms with Crippen molar-refractivity contribution in [1.29, 1.82) is 0 Å². The minimum absolute atomic E-state index is 0.112. The highest BCUT2D eigenvalue weighted by Gasteiger charge is 2.31. The van der Waals surface area contributed by atoms with E-state index in [4.69, 9.17) is 10.5 Å². The molecule has 0 aliphatic heterocycles. The molecule has 0 heterocycles. The Morgan fingerprint density at radius 1 is 1.07 bits per heavy atom. The Bertz CT molecular complexity index is 927. The van der Waals surface area contributed by atoms with Gasteiger partial charge in [-0.2, -0.15) is 0 Å². The topological polar surface area (TPSA) is 72.5 Å². The number of allylic oxidation sites excluding steroid dienone is 1. The predicted octanol–water partition coefficient (Wildman–Crippen LogP) is 6.25. The lowest BCUT2D eigenvalue weighted by Crippen LogP contribution is -2.19. The first-order valence-electron chi connectivity index (χ1n) is 10.5. The van der Waals surface area contributed by atoms with Gasteiger partial charge in [-0.3, -0.25) is 4.79 Å². The van der Waals surface area contributed by atoms with E-state index in [2.05, 4.69) is 41.5 Å². The van der Waals surface area contributed by atoms with Crippen LogP contribution in [0.2, 0.25) is 0 Å². The first kappa shape index (κ1) is 23.5. The number of phenols is 1. The van der Waals surface area contributed by atoms with Crippen molar-refractivity contribution in [3.63, 3.8) is 0 Å². The number of ketones is 1. The van der Waals surface area contributed by atoms with Gasteiger partial charge < -0.3 is 15.6 Å². The fraction of sp³-hybridized carbons (Fsp3) is 0.423. The number of hydrogen-bond acceptors (Lipinski definition) is 4. The molecule has 4 nitrogen and oxygen atoms in total. The zero-order valence-electron chi connectivity index (χ0n) is 19.3. The Morgan fingerprint density at radius 3 is 2.17 bits per heavy atom. The van der Waals surface area contributed by atoms with E-state index >= 15 is 0 Å². The van der Waals surface area contributed by atoms with Crippen LogP contribution >= 0.6 is 0 Å². The minimum Gasteiger partial charge on any atom is -0.507 e. The van der Waals surface area contributed by atoms with E-state index in [9.17, 15) is 9.90 Å². The van der Waals surface area contributed by atoms with Crippen molar-refractivity contribution in [2.24, 2.45) is 0 Å². The first-order valence-corrected chi connectivity index (χ1v) is 10.5. The molecule has 0 unspecified atom stereocenters. The summed E-state index contributed by atoms with van der Waals surface area (Å²) in [5.41, 5.74) is 8.69. The summed E-state index contributed by atoms with van der Waals surface area (Å²) in [6, 6.07) is 8.80. The summed E-state index contributed by atoms with van der Waals surface area (Å²) >= 11 is 0. The average molecular weight is 410 g/mol. The summed E-state index contributed by atoms with van der Waals surface area (Å²) in [5, 5.41) is 11.2. The summed E-state index contributed by atoms with van der Waals surface area (Å²) < 4.78 is 6.11. The lowest BCUT2D eigenvalue weighted by atomic mass is 9.77. The van der Waals surface area contributed by atoms with Crippen LogP contribution < -0.4 is 10.5 Å². The molecule has 0 radical (unpaired) electrons. The van der Waals surface area contributed by atoms with Gasteiger partial charge in [0, 0.05) is 27.9 Å². The maximum atomic E-state index is 12.7. The second-order valence-electron chi connectivity index (χ2n) is 9.73. The molecular formula is C26H35NO3. The zero-order valence-corrected chi connectivity index (χ0v) is 19.3. The number of aromatic hydroxyl groups is 1. The van der Waals surface area contributed by atoms with Crippen LogP contribution in [-0.2, 0) is 10.8 Å². The number of hydrogen-bond donors (Lipinski definition) is 2. The van der Waals surface area contributed by atoms with Gasteiger partial charge in [-0.05, 0) is 59.7 Å². The standard InChI is InChI=1S/C26H35NO3/c1-8-15-30-24-18(11-14-21(28)17-9-12-19(27)13-10-17)16-20(25(2,3)4)23(29)22(24)26(5,6)7/h9-14,16,29H,8,15,27H2,1-7H3/b14-11+. The van der Waals surface area contributed by atoms with Gasteiger partial charge in [-0.15, -0.1) is 0 Å². The summed E-state index contributed by atoms with van der Waals surface area (Å²) in [7, 11) is 0. The third kappa shape index (κ3) is 5.44.